The van der Waals surface area contributed by atoms with E-state index in [-0.39, 0.29) is 11.8 Å². The second-order valence-electron chi connectivity index (χ2n) is 8.26. The van der Waals surface area contributed by atoms with Crippen LogP contribution in [0.15, 0.2) is 70.7 Å². The molecular weight excluding hydrogens is 462 g/mol. The predicted molar refractivity (Wildman–Crippen MR) is 137 cm³/mol. The summed E-state index contributed by atoms with van der Waals surface area (Å²) in [5.74, 6) is 1.32. The Bertz CT molecular complexity index is 1270. The molecule has 0 aliphatic carbocycles. The van der Waals surface area contributed by atoms with Crippen LogP contribution in [0.25, 0.3) is 6.08 Å². The lowest BCUT2D eigenvalue weighted by molar-refractivity contribution is -0.114. The maximum Gasteiger partial charge on any atom is 0.264 e. The fourth-order valence-electron chi connectivity index (χ4n) is 4.12. The summed E-state index contributed by atoms with van der Waals surface area (Å²) in [5, 5.41) is 0. The molecule has 9 heteroatoms. The Hall–Kier alpha value is -3.85. The maximum atomic E-state index is 13.2. The topological polar surface area (TPSA) is 78.9 Å². The third kappa shape index (κ3) is 4.72. The lowest BCUT2D eigenvalue weighted by atomic mass is 10.1. The smallest absolute Gasteiger partial charge is 0.264 e. The molecule has 178 valence electrons. The number of likely N-dealkylation sites (N-methyl/N-ethyl adjacent to an activating group) is 1. The number of amides is 2. The van der Waals surface area contributed by atoms with Gasteiger partial charge in [-0.3, -0.25) is 9.59 Å². The molecule has 3 aromatic rings. The van der Waals surface area contributed by atoms with E-state index in [1.807, 2.05) is 53.4 Å². The third-order valence-electron chi connectivity index (χ3n) is 6.12. The Kier molecular flexibility index (Phi) is 6.41. The van der Waals surface area contributed by atoms with Gasteiger partial charge < -0.3 is 19.4 Å². The fraction of sp³-hybridized carbons (Fsp3) is 0.231. The van der Waals surface area contributed by atoms with Crippen molar-refractivity contribution in [3.63, 3.8) is 0 Å². The number of anilines is 2. The monoisotopic (exact) mass is 487 g/mol. The van der Waals surface area contributed by atoms with Crippen LogP contribution in [-0.2, 0) is 4.79 Å². The highest BCUT2D eigenvalue weighted by Gasteiger charge is 2.29. The van der Waals surface area contributed by atoms with Gasteiger partial charge in [0.15, 0.2) is 0 Å². The second-order valence-corrected chi connectivity index (χ2v) is 9.34. The molecule has 0 spiro atoms. The molecule has 2 aliphatic rings. The van der Waals surface area contributed by atoms with Crippen molar-refractivity contribution in [1.29, 1.82) is 0 Å². The summed E-state index contributed by atoms with van der Waals surface area (Å²) in [7, 11) is 3.37. The fourth-order valence-corrected chi connectivity index (χ4v) is 5.22. The average molecular weight is 488 g/mol. The van der Waals surface area contributed by atoms with Gasteiger partial charge >= 0.3 is 0 Å². The van der Waals surface area contributed by atoms with Crippen molar-refractivity contribution >= 4 is 41.3 Å². The summed E-state index contributed by atoms with van der Waals surface area (Å²) in [5.41, 5.74) is 2.25. The van der Waals surface area contributed by atoms with E-state index in [2.05, 4.69) is 14.9 Å². The van der Waals surface area contributed by atoms with Gasteiger partial charge in [0.25, 0.3) is 11.8 Å². The highest BCUT2D eigenvalue weighted by molar-refractivity contribution is 8.04. The van der Waals surface area contributed by atoms with E-state index in [0.29, 0.717) is 42.6 Å². The first-order valence-corrected chi connectivity index (χ1v) is 12.1. The first-order chi connectivity index (χ1) is 17.0. The van der Waals surface area contributed by atoms with Crippen LogP contribution in [0.3, 0.4) is 0 Å². The Morgan fingerprint density at radius 1 is 1.03 bits per heavy atom. The molecule has 35 heavy (non-hydrogen) atoms. The highest BCUT2D eigenvalue weighted by Crippen LogP contribution is 2.42. The molecule has 0 atom stereocenters. The summed E-state index contributed by atoms with van der Waals surface area (Å²) in [6.07, 6.45) is 5.32. The molecule has 2 amide bonds. The number of piperazine rings is 1. The number of rotatable bonds is 4. The summed E-state index contributed by atoms with van der Waals surface area (Å²) >= 11 is 1.42. The summed E-state index contributed by atoms with van der Waals surface area (Å²) in [6.45, 7) is 2.53. The number of ether oxygens (including phenoxy) is 1. The Morgan fingerprint density at radius 3 is 2.43 bits per heavy atom. The van der Waals surface area contributed by atoms with E-state index in [1.54, 1.807) is 37.5 Å². The predicted octanol–water partition coefficient (Wildman–Crippen LogP) is 3.56. The lowest BCUT2D eigenvalue weighted by Gasteiger charge is -2.35. The number of nitrogens with zero attached hydrogens (tertiary/aromatic N) is 5. The number of benzene rings is 2. The van der Waals surface area contributed by atoms with Crippen LogP contribution < -0.4 is 14.5 Å². The standard InChI is InChI=1S/C26H25N5O3S/c1-29-21-17-19(24(32)30-12-14-31(15-13-30)26-27-10-3-11-28-26)6-9-22(21)35-23(25(29)33)16-18-4-7-20(34-2)8-5-18/h3-11,16-17H,12-15H2,1-2H3/b23-16+. The number of fused-ring (bicyclic) bond motifs is 1. The van der Waals surface area contributed by atoms with Crippen molar-refractivity contribution < 1.29 is 14.3 Å². The maximum absolute atomic E-state index is 13.2. The molecule has 0 unspecified atom stereocenters. The van der Waals surface area contributed by atoms with Crippen LogP contribution in [0.2, 0.25) is 0 Å². The van der Waals surface area contributed by atoms with Gasteiger partial charge in [0.1, 0.15) is 5.75 Å². The molecule has 0 radical (unpaired) electrons. The number of hydrogen-bond acceptors (Lipinski definition) is 7. The van der Waals surface area contributed by atoms with E-state index in [4.69, 9.17) is 4.74 Å². The molecule has 1 aromatic heterocycles. The van der Waals surface area contributed by atoms with Gasteiger partial charge in [-0.2, -0.15) is 0 Å². The van der Waals surface area contributed by atoms with Gasteiger partial charge in [0.2, 0.25) is 5.95 Å². The molecule has 3 heterocycles. The van der Waals surface area contributed by atoms with Crippen molar-refractivity contribution in [3.8, 4) is 5.75 Å². The summed E-state index contributed by atoms with van der Waals surface area (Å²) < 4.78 is 5.20. The Labute approximate surface area is 208 Å². The molecule has 0 bridgehead atoms. The van der Waals surface area contributed by atoms with Gasteiger partial charge in [0.05, 0.1) is 17.7 Å². The van der Waals surface area contributed by atoms with E-state index >= 15 is 0 Å². The average Bonchev–Trinajstić information content (AvgIpc) is 2.92. The van der Waals surface area contributed by atoms with Crippen LogP contribution in [0.4, 0.5) is 11.6 Å². The SMILES string of the molecule is COc1ccc(/C=C2/Sc3ccc(C(=O)N4CCN(c5ncccn5)CC4)cc3N(C)C2=O)cc1. The third-order valence-corrected chi connectivity index (χ3v) is 7.20. The number of thioether (sulfide) groups is 1. The van der Waals surface area contributed by atoms with Crippen molar-refractivity contribution in [3.05, 3.63) is 77.0 Å². The number of hydrogen-bond donors (Lipinski definition) is 0. The van der Waals surface area contributed by atoms with Crippen molar-refractivity contribution in [2.24, 2.45) is 0 Å². The first-order valence-electron chi connectivity index (χ1n) is 11.3. The van der Waals surface area contributed by atoms with E-state index in [1.165, 1.54) is 11.8 Å². The molecule has 0 N–H and O–H groups in total. The van der Waals surface area contributed by atoms with Crippen molar-refractivity contribution in [1.82, 2.24) is 14.9 Å². The van der Waals surface area contributed by atoms with Crippen LogP contribution in [0, 0.1) is 0 Å². The molecule has 5 rings (SSSR count). The number of carbonyl (C=O) groups is 2. The minimum atomic E-state index is -0.0978. The van der Waals surface area contributed by atoms with Gasteiger partial charge in [-0.15, -0.1) is 0 Å². The largest absolute Gasteiger partial charge is 0.497 e. The first kappa shape index (κ1) is 22.9. The Balaban J connectivity index is 1.30. The van der Waals surface area contributed by atoms with Gasteiger partial charge in [-0.1, -0.05) is 23.9 Å². The minimum absolute atomic E-state index is 0.0353. The molecule has 8 nitrogen and oxygen atoms in total. The van der Waals surface area contributed by atoms with Gasteiger partial charge in [0, 0.05) is 56.1 Å². The Morgan fingerprint density at radius 2 is 1.74 bits per heavy atom. The summed E-state index contributed by atoms with van der Waals surface area (Å²) in [6, 6.07) is 14.9. The number of aromatic nitrogens is 2. The van der Waals surface area contributed by atoms with Crippen molar-refractivity contribution in [2.75, 3.05) is 50.1 Å². The van der Waals surface area contributed by atoms with E-state index < -0.39 is 0 Å². The number of methoxy groups -OCH3 is 1. The zero-order chi connectivity index (χ0) is 24.4. The normalized spacial score (nSPS) is 16.9. The summed E-state index contributed by atoms with van der Waals surface area (Å²) in [4.78, 5) is 42.0. The quantitative estimate of drug-likeness (QED) is 0.521. The van der Waals surface area contributed by atoms with Crippen LogP contribution in [0.5, 0.6) is 5.75 Å². The molecule has 0 saturated carbocycles. The molecular formula is C26H25N5O3S. The van der Waals surface area contributed by atoms with E-state index in [9.17, 15) is 9.59 Å². The second kappa shape index (κ2) is 9.79. The van der Waals surface area contributed by atoms with Gasteiger partial charge in [-0.05, 0) is 48.0 Å². The highest BCUT2D eigenvalue weighted by atomic mass is 32.2. The van der Waals surface area contributed by atoms with Crippen molar-refractivity contribution in [2.45, 2.75) is 4.90 Å². The lowest BCUT2D eigenvalue weighted by Crippen LogP contribution is -2.49. The van der Waals surface area contributed by atoms with Crippen LogP contribution in [-0.4, -0.2) is 67.0 Å². The molecule has 1 fully saturated rings. The van der Waals surface area contributed by atoms with E-state index in [0.717, 1.165) is 21.9 Å². The van der Waals surface area contributed by atoms with Crippen LogP contribution in [0.1, 0.15) is 15.9 Å². The van der Waals surface area contributed by atoms with Gasteiger partial charge in [-0.25, -0.2) is 9.97 Å². The number of carbonyl (C=O) groups excluding carboxylic acids is 2. The molecule has 2 aromatic carbocycles. The minimum Gasteiger partial charge on any atom is -0.497 e. The molecule has 2 aliphatic heterocycles. The van der Waals surface area contributed by atoms with Crippen LogP contribution >= 0.6 is 11.8 Å². The molecule has 1 saturated heterocycles. The zero-order valence-electron chi connectivity index (χ0n) is 19.5. The zero-order valence-corrected chi connectivity index (χ0v) is 20.4.